The quantitative estimate of drug-likeness (QED) is 0.815. The fourth-order valence-electron chi connectivity index (χ4n) is 2.18. The fraction of sp³-hybridized carbons (Fsp3) is 0.500. The van der Waals surface area contributed by atoms with Crippen LogP contribution in [0.1, 0.15) is 31.7 Å². The third kappa shape index (κ3) is 4.31. The molecular weight excluding hydrogens is 284 g/mol. The molecule has 1 aromatic carbocycles. The molecule has 0 heterocycles. The molecule has 0 saturated heterocycles. The van der Waals surface area contributed by atoms with E-state index >= 15 is 0 Å². The fourth-order valence-corrected chi connectivity index (χ4v) is 3.84. The van der Waals surface area contributed by atoms with Crippen molar-refractivity contribution in [2.45, 2.75) is 31.1 Å². The summed E-state index contributed by atoms with van der Waals surface area (Å²) in [4.78, 5) is 0.320. The number of rotatable bonds is 6. The highest BCUT2D eigenvalue weighted by molar-refractivity contribution is 7.89. The van der Waals surface area contributed by atoms with E-state index in [1.807, 2.05) is 6.92 Å². The SMILES string of the molecule is CCCN(CC1CC1)S(=O)(=O)c1cccc(C#CCN)c1. The molecule has 1 aliphatic rings. The molecule has 21 heavy (non-hydrogen) atoms. The Hall–Kier alpha value is -1.35. The number of benzene rings is 1. The van der Waals surface area contributed by atoms with E-state index in [2.05, 4.69) is 11.8 Å². The molecule has 0 amide bonds. The molecule has 1 fully saturated rings. The number of hydrogen-bond acceptors (Lipinski definition) is 3. The van der Waals surface area contributed by atoms with Gasteiger partial charge in [-0.25, -0.2) is 8.42 Å². The highest BCUT2D eigenvalue weighted by Crippen LogP contribution is 2.31. The molecule has 2 rings (SSSR count). The number of hydrogen-bond donors (Lipinski definition) is 1. The van der Waals surface area contributed by atoms with Crippen molar-refractivity contribution in [2.24, 2.45) is 11.7 Å². The molecule has 1 aliphatic carbocycles. The summed E-state index contributed by atoms with van der Waals surface area (Å²) in [6.07, 6.45) is 3.09. The van der Waals surface area contributed by atoms with Crippen LogP contribution in [0.4, 0.5) is 0 Å². The zero-order valence-corrected chi connectivity index (χ0v) is 13.2. The van der Waals surface area contributed by atoms with Crippen molar-refractivity contribution < 1.29 is 8.42 Å². The van der Waals surface area contributed by atoms with Gasteiger partial charge in [0.1, 0.15) is 0 Å². The van der Waals surface area contributed by atoms with Gasteiger partial charge in [-0.1, -0.05) is 24.8 Å². The molecule has 0 aliphatic heterocycles. The van der Waals surface area contributed by atoms with Gasteiger partial charge in [0.15, 0.2) is 0 Å². The molecule has 1 aromatic rings. The van der Waals surface area contributed by atoms with Crippen LogP contribution >= 0.6 is 0 Å². The van der Waals surface area contributed by atoms with Gasteiger partial charge in [0.05, 0.1) is 11.4 Å². The Balaban J connectivity index is 2.27. The molecule has 0 radical (unpaired) electrons. The Labute approximate surface area is 127 Å². The minimum atomic E-state index is -3.43. The van der Waals surface area contributed by atoms with E-state index in [-0.39, 0.29) is 6.54 Å². The van der Waals surface area contributed by atoms with Crippen LogP contribution in [0.2, 0.25) is 0 Å². The third-order valence-electron chi connectivity index (χ3n) is 3.44. The van der Waals surface area contributed by atoms with Gasteiger partial charge in [0, 0.05) is 18.7 Å². The molecule has 5 heteroatoms. The van der Waals surface area contributed by atoms with E-state index in [1.165, 1.54) is 0 Å². The van der Waals surface area contributed by atoms with Crippen LogP contribution in [0.25, 0.3) is 0 Å². The summed E-state index contributed by atoms with van der Waals surface area (Å²) in [6, 6.07) is 6.80. The lowest BCUT2D eigenvalue weighted by atomic mass is 10.2. The first-order chi connectivity index (χ1) is 10.1. The maximum Gasteiger partial charge on any atom is 0.243 e. The smallest absolute Gasteiger partial charge is 0.243 e. The number of sulfonamides is 1. The summed E-state index contributed by atoms with van der Waals surface area (Å²) in [5.74, 6) is 6.17. The van der Waals surface area contributed by atoms with Crippen molar-refractivity contribution in [1.82, 2.24) is 4.31 Å². The van der Waals surface area contributed by atoms with Gasteiger partial charge in [-0.3, -0.25) is 0 Å². The third-order valence-corrected chi connectivity index (χ3v) is 5.30. The second-order valence-electron chi connectivity index (χ2n) is 5.34. The van der Waals surface area contributed by atoms with Crippen molar-refractivity contribution in [2.75, 3.05) is 19.6 Å². The normalized spacial score (nSPS) is 14.8. The predicted octanol–water partition coefficient (Wildman–Crippen LogP) is 1.81. The Morgan fingerprint density at radius 2 is 2.14 bits per heavy atom. The highest BCUT2D eigenvalue weighted by atomic mass is 32.2. The minimum Gasteiger partial charge on any atom is -0.320 e. The van der Waals surface area contributed by atoms with Crippen LogP contribution < -0.4 is 5.73 Å². The molecule has 0 aromatic heterocycles. The minimum absolute atomic E-state index is 0.265. The van der Waals surface area contributed by atoms with Crippen molar-refractivity contribution in [1.29, 1.82) is 0 Å². The van der Waals surface area contributed by atoms with Crippen LogP contribution in [-0.2, 0) is 10.0 Å². The number of nitrogens with zero attached hydrogens (tertiary/aromatic N) is 1. The van der Waals surface area contributed by atoms with E-state index in [9.17, 15) is 8.42 Å². The maximum atomic E-state index is 12.8. The summed E-state index contributed by atoms with van der Waals surface area (Å²) in [7, 11) is -3.43. The summed E-state index contributed by atoms with van der Waals surface area (Å²) in [5, 5.41) is 0. The van der Waals surface area contributed by atoms with Crippen LogP contribution in [0.3, 0.4) is 0 Å². The van der Waals surface area contributed by atoms with Crippen molar-refractivity contribution in [3.63, 3.8) is 0 Å². The summed E-state index contributed by atoms with van der Waals surface area (Å²) in [6.45, 7) is 3.46. The lowest BCUT2D eigenvalue weighted by Gasteiger charge is -2.21. The first-order valence-corrected chi connectivity index (χ1v) is 8.81. The Kier molecular flexibility index (Phi) is 5.40. The average Bonchev–Trinajstić information content (AvgIpc) is 3.29. The summed E-state index contributed by atoms with van der Waals surface area (Å²) in [5.41, 5.74) is 6.03. The van der Waals surface area contributed by atoms with Crippen LogP contribution in [-0.4, -0.2) is 32.4 Å². The lowest BCUT2D eigenvalue weighted by Crippen LogP contribution is -2.33. The van der Waals surface area contributed by atoms with E-state index in [0.29, 0.717) is 29.5 Å². The van der Waals surface area contributed by atoms with E-state index in [1.54, 1.807) is 28.6 Å². The summed E-state index contributed by atoms with van der Waals surface area (Å²) >= 11 is 0. The van der Waals surface area contributed by atoms with E-state index in [4.69, 9.17) is 5.73 Å². The second-order valence-corrected chi connectivity index (χ2v) is 7.28. The Bertz CT molecular complexity index is 640. The molecule has 0 spiro atoms. The zero-order chi connectivity index (χ0) is 15.3. The monoisotopic (exact) mass is 306 g/mol. The van der Waals surface area contributed by atoms with Gasteiger partial charge in [-0.2, -0.15) is 4.31 Å². The first-order valence-electron chi connectivity index (χ1n) is 7.37. The molecule has 4 nitrogen and oxygen atoms in total. The predicted molar refractivity (Wildman–Crippen MR) is 84.1 cm³/mol. The molecule has 0 bridgehead atoms. The van der Waals surface area contributed by atoms with Gasteiger partial charge in [0.2, 0.25) is 10.0 Å². The Morgan fingerprint density at radius 3 is 2.76 bits per heavy atom. The zero-order valence-electron chi connectivity index (χ0n) is 12.4. The summed E-state index contributed by atoms with van der Waals surface area (Å²) < 4.78 is 27.1. The van der Waals surface area contributed by atoms with E-state index < -0.39 is 10.0 Å². The molecule has 0 atom stereocenters. The molecule has 1 saturated carbocycles. The van der Waals surface area contributed by atoms with Gasteiger partial charge in [-0.05, 0) is 43.4 Å². The van der Waals surface area contributed by atoms with Crippen LogP contribution in [0, 0.1) is 17.8 Å². The molecule has 114 valence electrons. The topological polar surface area (TPSA) is 63.4 Å². The second kappa shape index (κ2) is 7.08. The standard InChI is InChI=1S/C16H22N2O2S/c1-2-11-18(13-15-8-9-15)21(19,20)16-7-3-5-14(12-16)6-4-10-17/h3,5,7,12,15H,2,8-11,13,17H2,1H3. The van der Waals surface area contributed by atoms with Gasteiger partial charge >= 0.3 is 0 Å². The molecule has 2 N–H and O–H groups in total. The van der Waals surface area contributed by atoms with Gasteiger partial charge in [0.25, 0.3) is 0 Å². The van der Waals surface area contributed by atoms with E-state index in [0.717, 1.165) is 19.3 Å². The average molecular weight is 306 g/mol. The first kappa shape index (κ1) is 16.0. The Morgan fingerprint density at radius 1 is 1.38 bits per heavy atom. The lowest BCUT2D eigenvalue weighted by molar-refractivity contribution is 0.395. The van der Waals surface area contributed by atoms with Crippen molar-refractivity contribution in [3.8, 4) is 11.8 Å². The van der Waals surface area contributed by atoms with Gasteiger partial charge < -0.3 is 5.73 Å². The molecule has 0 unspecified atom stereocenters. The number of nitrogens with two attached hydrogens (primary N) is 1. The largest absolute Gasteiger partial charge is 0.320 e. The highest BCUT2D eigenvalue weighted by Gasteiger charge is 2.31. The maximum absolute atomic E-state index is 12.8. The van der Waals surface area contributed by atoms with Gasteiger partial charge in [-0.15, -0.1) is 0 Å². The van der Waals surface area contributed by atoms with Crippen LogP contribution in [0.15, 0.2) is 29.2 Å². The van der Waals surface area contributed by atoms with Crippen LogP contribution in [0.5, 0.6) is 0 Å². The van der Waals surface area contributed by atoms with Crippen molar-refractivity contribution >= 4 is 10.0 Å². The van der Waals surface area contributed by atoms with Crippen molar-refractivity contribution in [3.05, 3.63) is 29.8 Å². The molecular formula is C16H22N2O2S.